The Morgan fingerprint density at radius 3 is 1.94 bits per heavy atom. The van der Waals surface area contributed by atoms with Crippen LogP contribution in [0.1, 0.15) is 64.2 Å². The molecule has 1 saturated carbocycles. The Bertz CT molecular complexity index is 225. The topological polar surface area (TPSA) is 17.1 Å². The van der Waals surface area contributed by atoms with Crippen molar-refractivity contribution in [2.24, 2.45) is 11.8 Å². The molecule has 98 valence electrons. The van der Waals surface area contributed by atoms with Crippen molar-refractivity contribution in [3.05, 3.63) is 0 Å². The average molecular weight is 254 g/mol. The summed E-state index contributed by atoms with van der Waals surface area (Å²) < 4.78 is 0. The van der Waals surface area contributed by atoms with E-state index in [-0.39, 0.29) is 0 Å². The van der Waals surface area contributed by atoms with Gasteiger partial charge < -0.3 is 0 Å². The first-order valence-electron chi connectivity index (χ1n) is 7.44. The summed E-state index contributed by atoms with van der Waals surface area (Å²) in [7, 11) is 0. The summed E-state index contributed by atoms with van der Waals surface area (Å²) in [5, 5.41) is 0. The lowest BCUT2D eigenvalue weighted by molar-refractivity contribution is -0.121. The number of Topliss-reactive ketones (excluding diaryl/α,β-unsaturated/α-hetero) is 1. The van der Waals surface area contributed by atoms with E-state index in [2.05, 4.69) is 11.8 Å². The van der Waals surface area contributed by atoms with Gasteiger partial charge in [-0.3, -0.25) is 4.79 Å². The van der Waals surface area contributed by atoms with Crippen LogP contribution >= 0.6 is 11.8 Å². The fourth-order valence-corrected chi connectivity index (χ4v) is 4.45. The van der Waals surface area contributed by atoms with Gasteiger partial charge in [-0.15, -0.1) is 0 Å². The zero-order valence-electron chi connectivity index (χ0n) is 11.0. The summed E-state index contributed by atoms with van der Waals surface area (Å²) in [4.78, 5) is 12.1. The van der Waals surface area contributed by atoms with E-state index in [1.807, 2.05) is 0 Å². The molecule has 17 heavy (non-hydrogen) atoms. The van der Waals surface area contributed by atoms with Crippen LogP contribution in [0, 0.1) is 11.8 Å². The van der Waals surface area contributed by atoms with Gasteiger partial charge >= 0.3 is 0 Å². The van der Waals surface area contributed by atoms with Gasteiger partial charge in [0.05, 0.1) is 0 Å². The average Bonchev–Trinajstić information content (AvgIpc) is 2.59. The van der Waals surface area contributed by atoms with E-state index in [0.717, 1.165) is 24.7 Å². The standard InChI is InChI=1S/C15H26OS/c16-15(12-14-7-9-17-10-8-14)11-13-5-3-1-2-4-6-13/h13-14H,1-12H2. The molecule has 1 heterocycles. The van der Waals surface area contributed by atoms with Crippen LogP contribution in [0.5, 0.6) is 0 Å². The lowest BCUT2D eigenvalue weighted by atomic mass is 9.89. The number of rotatable bonds is 4. The first-order valence-corrected chi connectivity index (χ1v) is 8.59. The van der Waals surface area contributed by atoms with Gasteiger partial charge in [0.25, 0.3) is 0 Å². The fraction of sp³-hybridized carbons (Fsp3) is 0.933. The summed E-state index contributed by atoms with van der Waals surface area (Å²) in [6.07, 6.45) is 12.5. The Kier molecular flexibility index (Phi) is 5.90. The monoisotopic (exact) mass is 254 g/mol. The van der Waals surface area contributed by atoms with E-state index < -0.39 is 0 Å². The molecule has 0 unspecified atom stereocenters. The van der Waals surface area contributed by atoms with Crippen LogP contribution < -0.4 is 0 Å². The fourth-order valence-electron chi connectivity index (χ4n) is 3.25. The number of hydrogen-bond acceptors (Lipinski definition) is 2. The molecule has 2 rings (SSSR count). The second-order valence-electron chi connectivity index (χ2n) is 5.86. The third kappa shape index (κ3) is 5.03. The second kappa shape index (κ2) is 7.45. The number of carbonyl (C=O) groups is 1. The highest BCUT2D eigenvalue weighted by Gasteiger charge is 2.20. The molecule has 0 N–H and O–H groups in total. The number of hydrogen-bond donors (Lipinski definition) is 0. The van der Waals surface area contributed by atoms with Crippen molar-refractivity contribution in [2.45, 2.75) is 64.2 Å². The molecule has 0 aromatic rings. The van der Waals surface area contributed by atoms with Gasteiger partial charge in [0, 0.05) is 12.8 Å². The van der Waals surface area contributed by atoms with Crippen LogP contribution in [0.2, 0.25) is 0 Å². The lowest BCUT2D eigenvalue weighted by Gasteiger charge is -2.21. The molecule has 0 aromatic heterocycles. The summed E-state index contributed by atoms with van der Waals surface area (Å²) in [6, 6.07) is 0. The molecule has 1 aliphatic heterocycles. The van der Waals surface area contributed by atoms with Crippen LogP contribution in [-0.2, 0) is 4.79 Å². The number of carbonyl (C=O) groups excluding carboxylic acids is 1. The molecule has 0 atom stereocenters. The van der Waals surface area contributed by atoms with Gasteiger partial charge in [0.15, 0.2) is 0 Å². The number of ketones is 1. The van der Waals surface area contributed by atoms with Crippen molar-refractivity contribution in [2.75, 3.05) is 11.5 Å². The van der Waals surface area contributed by atoms with Gasteiger partial charge in [0.1, 0.15) is 5.78 Å². The quantitative estimate of drug-likeness (QED) is 0.689. The van der Waals surface area contributed by atoms with E-state index in [4.69, 9.17) is 0 Å². The van der Waals surface area contributed by atoms with Crippen molar-refractivity contribution in [1.82, 2.24) is 0 Å². The van der Waals surface area contributed by atoms with Crippen LogP contribution in [0.4, 0.5) is 0 Å². The minimum atomic E-state index is 0.564. The van der Waals surface area contributed by atoms with E-state index in [0.29, 0.717) is 5.78 Å². The SMILES string of the molecule is O=C(CC1CCCCCC1)CC1CCSCC1. The van der Waals surface area contributed by atoms with Gasteiger partial charge in [-0.25, -0.2) is 0 Å². The molecule has 1 nitrogen and oxygen atoms in total. The Balaban J connectivity index is 1.68. The maximum atomic E-state index is 12.1. The second-order valence-corrected chi connectivity index (χ2v) is 7.09. The Morgan fingerprint density at radius 1 is 0.824 bits per heavy atom. The molecule has 1 saturated heterocycles. The molecule has 2 aliphatic rings. The summed E-state index contributed by atoms with van der Waals surface area (Å²) >= 11 is 2.05. The van der Waals surface area contributed by atoms with E-state index in [9.17, 15) is 4.79 Å². The van der Waals surface area contributed by atoms with Gasteiger partial charge in [-0.05, 0) is 36.2 Å². The third-order valence-corrected chi connectivity index (χ3v) is 5.40. The molecule has 0 amide bonds. The van der Waals surface area contributed by atoms with E-state index in [1.54, 1.807) is 0 Å². The molecule has 0 aromatic carbocycles. The predicted octanol–water partition coefficient (Wildman–Crippen LogP) is 4.45. The molecule has 0 bridgehead atoms. The molecule has 2 fully saturated rings. The van der Waals surface area contributed by atoms with Gasteiger partial charge in [0.2, 0.25) is 0 Å². The van der Waals surface area contributed by atoms with Crippen LogP contribution in [0.25, 0.3) is 0 Å². The molecule has 1 aliphatic carbocycles. The minimum Gasteiger partial charge on any atom is -0.300 e. The lowest BCUT2D eigenvalue weighted by Crippen LogP contribution is -2.16. The highest BCUT2D eigenvalue weighted by molar-refractivity contribution is 7.99. The number of thioether (sulfide) groups is 1. The summed E-state index contributed by atoms with van der Waals surface area (Å²) in [5.41, 5.74) is 0. The van der Waals surface area contributed by atoms with Crippen LogP contribution in [0.15, 0.2) is 0 Å². The molecule has 2 heteroatoms. The highest BCUT2D eigenvalue weighted by atomic mass is 32.2. The first kappa shape index (κ1) is 13.5. The largest absolute Gasteiger partial charge is 0.300 e. The molecule has 0 spiro atoms. The minimum absolute atomic E-state index is 0.564. The van der Waals surface area contributed by atoms with Crippen molar-refractivity contribution in [3.63, 3.8) is 0 Å². The zero-order valence-corrected chi connectivity index (χ0v) is 11.8. The zero-order chi connectivity index (χ0) is 11.9. The van der Waals surface area contributed by atoms with E-state index >= 15 is 0 Å². The van der Waals surface area contributed by atoms with Crippen molar-refractivity contribution in [1.29, 1.82) is 0 Å². The van der Waals surface area contributed by atoms with Crippen LogP contribution in [0.3, 0.4) is 0 Å². The van der Waals surface area contributed by atoms with Crippen molar-refractivity contribution in [3.8, 4) is 0 Å². The Morgan fingerprint density at radius 2 is 1.35 bits per heavy atom. The molecular formula is C15H26OS. The van der Waals surface area contributed by atoms with Crippen molar-refractivity contribution < 1.29 is 4.79 Å². The van der Waals surface area contributed by atoms with Gasteiger partial charge in [-0.1, -0.05) is 38.5 Å². The third-order valence-electron chi connectivity index (χ3n) is 4.35. The Labute approximate surface area is 110 Å². The molecule has 0 radical (unpaired) electrons. The smallest absolute Gasteiger partial charge is 0.133 e. The van der Waals surface area contributed by atoms with Crippen molar-refractivity contribution >= 4 is 17.5 Å². The molecular weight excluding hydrogens is 228 g/mol. The predicted molar refractivity (Wildman–Crippen MR) is 75.5 cm³/mol. The first-order chi connectivity index (χ1) is 8.34. The summed E-state index contributed by atoms with van der Waals surface area (Å²) in [6.45, 7) is 0. The van der Waals surface area contributed by atoms with Crippen LogP contribution in [-0.4, -0.2) is 17.3 Å². The maximum Gasteiger partial charge on any atom is 0.133 e. The maximum absolute atomic E-state index is 12.1. The van der Waals surface area contributed by atoms with E-state index in [1.165, 1.54) is 62.9 Å². The highest BCUT2D eigenvalue weighted by Crippen LogP contribution is 2.29. The normalized spacial score (nSPS) is 24.5. The Hall–Kier alpha value is 0.0200. The van der Waals surface area contributed by atoms with Gasteiger partial charge in [-0.2, -0.15) is 11.8 Å². The summed E-state index contributed by atoms with van der Waals surface area (Å²) in [5.74, 6) is 4.56.